The first-order valence-electron chi connectivity index (χ1n) is 2.61. The third-order valence-corrected chi connectivity index (χ3v) is 2.15. The van der Waals surface area contributed by atoms with Crippen molar-refractivity contribution in [2.45, 2.75) is 5.66 Å². The zero-order valence-corrected chi connectivity index (χ0v) is 6.02. The molecule has 0 spiro atoms. The van der Waals surface area contributed by atoms with Crippen molar-refractivity contribution in [3.63, 3.8) is 0 Å². The van der Waals surface area contributed by atoms with E-state index in [4.69, 9.17) is 17.2 Å². The van der Waals surface area contributed by atoms with Crippen LogP contribution in [0.4, 0.5) is 0 Å². The van der Waals surface area contributed by atoms with Crippen LogP contribution in [-0.2, 0) is 4.79 Å². The van der Waals surface area contributed by atoms with E-state index >= 15 is 0 Å². The van der Waals surface area contributed by atoms with Crippen LogP contribution >= 0.6 is 11.8 Å². The topological polar surface area (TPSA) is 107 Å². The number of hydrogen-bond acceptors (Lipinski definition) is 5. The van der Waals surface area contributed by atoms with Gasteiger partial charge in [-0.1, -0.05) is 11.8 Å². The average Bonchev–Trinajstić information content (AvgIpc) is 2.13. The number of primary amides is 1. The van der Waals surface area contributed by atoms with E-state index in [1.807, 2.05) is 0 Å². The molecule has 1 aliphatic heterocycles. The van der Waals surface area contributed by atoms with Gasteiger partial charge < -0.3 is 11.5 Å². The zero-order valence-electron chi connectivity index (χ0n) is 5.20. The second kappa shape index (κ2) is 2.14. The maximum Gasteiger partial charge on any atom is 0.260 e. The highest BCUT2D eigenvalue weighted by Gasteiger charge is 2.36. The molecule has 6 heteroatoms. The molecule has 0 aromatic heterocycles. The fraction of sp³-hybridized carbons (Fsp3) is 0.500. The molecule has 0 aromatic carbocycles. The summed E-state index contributed by atoms with van der Waals surface area (Å²) < 4.78 is 0. The fourth-order valence-corrected chi connectivity index (χ4v) is 1.37. The van der Waals surface area contributed by atoms with Gasteiger partial charge >= 0.3 is 0 Å². The molecule has 10 heavy (non-hydrogen) atoms. The second-order valence-electron chi connectivity index (χ2n) is 2.03. The summed E-state index contributed by atoms with van der Waals surface area (Å²) in [6, 6.07) is 0. The van der Waals surface area contributed by atoms with Crippen molar-refractivity contribution in [2.75, 3.05) is 5.75 Å². The van der Waals surface area contributed by atoms with Gasteiger partial charge in [-0.3, -0.25) is 10.5 Å². The SMILES string of the molecule is NC(=O)C1(N)CSC(N)=N1. The molecule has 0 bridgehead atoms. The predicted molar refractivity (Wildman–Crippen MR) is 40.2 cm³/mol. The maximum atomic E-state index is 10.6. The number of hydrogen-bond donors (Lipinski definition) is 3. The molecule has 0 fully saturated rings. The van der Waals surface area contributed by atoms with Gasteiger partial charge in [-0.15, -0.1) is 0 Å². The monoisotopic (exact) mass is 160 g/mol. The van der Waals surface area contributed by atoms with Crippen LogP contribution in [0.1, 0.15) is 0 Å². The molecule has 56 valence electrons. The van der Waals surface area contributed by atoms with Crippen molar-refractivity contribution in [2.24, 2.45) is 22.2 Å². The van der Waals surface area contributed by atoms with Crippen LogP contribution in [0.3, 0.4) is 0 Å². The van der Waals surface area contributed by atoms with E-state index in [2.05, 4.69) is 4.99 Å². The van der Waals surface area contributed by atoms with Crippen molar-refractivity contribution in [3.8, 4) is 0 Å². The van der Waals surface area contributed by atoms with Crippen LogP contribution in [-0.4, -0.2) is 22.5 Å². The van der Waals surface area contributed by atoms with Gasteiger partial charge in [-0.2, -0.15) is 0 Å². The number of nitrogens with zero attached hydrogens (tertiary/aromatic N) is 1. The van der Waals surface area contributed by atoms with Crippen LogP contribution in [0.5, 0.6) is 0 Å². The van der Waals surface area contributed by atoms with E-state index in [1.165, 1.54) is 11.8 Å². The molecule has 1 rings (SSSR count). The Morgan fingerprint density at radius 1 is 1.80 bits per heavy atom. The lowest BCUT2D eigenvalue weighted by molar-refractivity contribution is -0.122. The standard InChI is InChI=1S/C4H8N4OS/c5-2(9)4(7)1-10-3(6)8-4/h1,7H2,(H2,5,9)(H2,6,8). The Morgan fingerprint density at radius 3 is 2.60 bits per heavy atom. The van der Waals surface area contributed by atoms with E-state index in [-0.39, 0.29) is 0 Å². The maximum absolute atomic E-state index is 10.6. The molecule has 1 unspecified atom stereocenters. The summed E-state index contributed by atoms with van der Waals surface area (Å²) in [4.78, 5) is 14.3. The van der Waals surface area contributed by atoms with E-state index in [0.29, 0.717) is 10.9 Å². The number of aliphatic imine (C=N–C) groups is 1. The molecule has 0 saturated carbocycles. The second-order valence-corrected chi connectivity index (χ2v) is 3.02. The Balaban J connectivity index is 2.82. The van der Waals surface area contributed by atoms with Gasteiger partial charge in [0.05, 0.1) is 0 Å². The highest BCUT2D eigenvalue weighted by atomic mass is 32.2. The Hall–Kier alpha value is -0.750. The number of amidine groups is 1. The number of rotatable bonds is 1. The molecule has 1 heterocycles. The molecule has 0 saturated heterocycles. The van der Waals surface area contributed by atoms with Crippen LogP contribution in [0.2, 0.25) is 0 Å². The molecule has 0 aromatic rings. The minimum absolute atomic E-state index is 0.321. The summed E-state index contributed by atoms with van der Waals surface area (Å²) in [5.41, 5.74) is 14.4. The lowest BCUT2D eigenvalue weighted by atomic mass is 10.2. The highest BCUT2D eigenvalue weighted by molar-refractivity contribution is 8.14. The van der Waals surface area contributed by atoms with Gasteiger partial charge in [0, 0.05) is 5.75 Å². The Morgan fingerprint density at radius 2 is 2.40 bits per heavy atom. The average molecular weight is 160 g/mol. The minimum Gasteiger partial charge on any atom is -0.378 e. The summed E-state index contributed by atoms with van der Waals surface area (Å²) >= 11 is 1.23. The van der Waals surface area contributed by atoms with Crippen molar-refractivity contribution in [1.29, 1.82) is 0 Å². The smallest absolute Gasteiger partial charge is 0.260 e. The molecule has 1 atom stereocenters. The van der Waals surface area contributed by atoms with Gasteiger partial charge in [0.25, 0.3) is 5.91 Å². The van der Waals surface area contributed by atoms with Gasteiger partial charge in [0.15, 0.2) is 10.8 Å². The minimum atomic E-state index is -1.27. The summed E-state index contributed by atoms with van der Waals surface area (Å²) in [7, 11) is 0. The molecular formula is C4H8N4OS. The van der Waals surface area contributed by atoms with Crippen LogP contribution in [0.25, 0.3) is 0 Å². The Labute approximate surface area is 62.0 Å². The molecule has 1 aliphatic rings. The van der Waals surface area contributed by atoms with E-state index in [9.17, 15) is 4.79 Å². The van der Waals surface area contributed by atoms with Crippen molar-refractivity contribution >= 4 is 22.8 Å². The van der Waals surface area contributed by atoms with Crippen LogP contribution in [0, 0.1) is 0 Å². The normalized spacial score (nSPS) is 31.9. The molecule has 0 aliphatic carbocycles. The Bertz CT molecular complexity index is 203. The third kappa shape index (κ3) is 1.07. The molecule has 1 amide bonds. The number of nitrogens with two attached hydrogens (primary N) is 3. The quantitative estimate of drug-likeness (QED) is 0.420. The molecule has 0 radical (unpaired) electrons. The summed E-state index contributed by atoms with van der Waals surface area (Å²) in [6.07, 6.45) is 0. The van der Waals surface area contributed by atoms with Gasteiger partial charge in [0.2, 0.25) is 0 Å². The number of thioether (sulfide) groups is 1. The van der Waals surface area contributed by atoms with E-state index < -0.39 is 11.6 Å². The number of carbonyl (C=O) groups is 1. The summed E-state index contributed by atoms with van der Waals surface area (Å²) in [6.45, 7) is 0. The summed E-state index contributed by atoms with van der Waals surface area (Å²) in [5, 5.41) is 0.321. The van der Waals surface area contributed by atoms with E-state index in [0.717, 1.165) is 0 Å². The van der Waals surface area contributed by atoms with Crippen molar-refractivity contribution < 1.29 is 4.79 Å². The van der Waals surface area contributed by atoms with Gasteiger partial charge in [-0.25, -0.2) is 4.99 Å². The highest BCUT2D eigenvalue weighted by Crippen LogP contribution is 2.20. The predicted octanol–water partition coefficient (Wildman–Crippen LogP) is -1.81. The third-order valence-electron chi connectivity index (χ3n) is 1.18. The molecule has 6 N–H and O–H groups in total. The van der Waals surface area contributed by atoms with Crippen LogP contribution in [0.15, 0.2) is 4.99 Å². The lowest BCUT2D eigenvalue weighted by Crippen LogP contribution is -2.51. The number of amides is 1. The first kappa shape index (κ1) is 7.36. The van der Waals surface area contributed by atoms with Gasteiger partial charge in [0.1, 0.15) is 0 Å². The first-order chi connectivity index (χ1) is 4.54. The van der Waals surface area contributed by atoms with Crippen molar-refractivity contribution in [3.05, 3.63) is 0 Å². The van der Waals surface area contributed by atoms with Gasteiger partial charge in [-0.05, 0) is 0 Å². The van der Waals surface area contributed by atoms with E-state index in [1.54, 1.807) is 0 Å². The zero-order chi connectivity index (χ0) is 7.78. The largest absolute Gasteiger partial charge is 0.378 e. The molecule has 5 nitrogen and oxygen atoms in total. The fourth-order valence-electron chi connectivity index (χ4n) is 0.571. The number of carbonyl (C=O) groups excluding carboxylic acids is 1. The first-order valence-corrected chi connectivity index (χ1v) is 3.60. The summed E-state index contributed by atoms with van der Waals surface area (Å²) in [5.74, 6) is -0.297. The van der Waals surface area contributed by atoms with Crippen molar-refractivity contribution in [1.82, 2.24) is 0 Å². The Kier molecular flexibility index (Phi) is 1.57. The van der Waals surface area contributed by atoms with Crippen LogP contribution < -0.4 is 17.2 Å². The lowest BCUT2D eigenvalue weighted by Gasteiger charge is -2.12. The molecular weight excluding hydrogens is 152 g/mol.